The zero-order valence-corrected chi connectivity index (χ0v) is 22.7. The molecule has 8 nitrogen and oxygen atoms in total. The number of carboxylic acid groups (broad SMARTS) is 1. The Morgan fingerprint density at radius 1 is 1.10 bits per heavy atom. The first kappa shape index (κ1) is 25.8. The van der Waals surface area contributed by atoms with E-state index in [1.807, 2.05) is 17.0 Å². The number of carboxylic acids is 1. The molecule has 202 valence electrons. The van der Waals surface area contributed by atoms with Crippen LogP contribution in [0, 0.1) is 12.8 Å². The number of methoxy groups -OCH3 is 1. The zero-order valence-electron chi connectivity index (χ0n) is 21.9. The van der Waals surface area contributed by atoms with Crippen LogP contribution in [0.25, 0.3) is 11.3 Å². The molecule has 1 saturated carbocycles. The third-order valence-corrected chi connectivity index (χ3v) is 8.63. The molecular weight excluding hydrogens is 518 g/mol. The van der Waals surface area contributed by atoms with E-state index in [1.165, 1.54) is 4.68 Å². The number of halogens is 1. The first-order chi connectivity index (χ1) is 18.8. The lowest BCUT2D eigenvalue weighted by molar-refractivity contribution is -0.147. The number of ether oxygens (including phenoxy) is 1. The highest BCUT2D eigenvalue weighted by molar-refractivity contribution is 6.34. The van der Waals surface area contributed by atoms with E-state index >= 15 is 0 Å². The number of likely N-dealkylation sites (tertiary alicyclic amines) is 1. The summed E-state index contributed by atoms with van der Waals surface area (Å²) in [6.07, 6.45) is 3.76. The molecule has 3 aliphatic rings. The molecule has 2 aromatic carbocycles. The molecule has 3 aromatic rings. The predicted molar refractivity (Wildman–Crippen MR) is 145 cm³/mol. The minimum Gasteiger partial charge on any atom is -0.478 e. The van der Waals surface area contributed by atoms with E-state index in [9.17, 15) is 19.5 Å². The molecule has 9 heteroatoms. The standard InChI is InChI=1S/C30H30ClN3O5/c1-16-12-18(8-10-21(16)30(37)38)27-23-11-9-19(28(35)33-14-20(15-33)39-2)13-25(23)34(32-27)29(36)26-22(17-6-7-17)4-3-5-24(26)31/h3-5,8,10,12,17,19-20H,6-7,9,11,13-15H2,1-2H3,(H,37,38). The summed E-state index contributed by atoms with van der Waals surface area (Å²) < 4.78 is 6.79. The van der Waals surface area contributed by atoms with Crippen LogP contribution in [0.5, 0.6) is 0 Å². The van der Waals surface area contributed by atoms with Crippen molar-refractivity contribution in [2.75, 3.05) is 20.2 Å². The topological polar surface area (TPSA) is 102 Å². The molecule has 1 atom stereocenters. The molecule has 2 heterocycles. The molecule has 1 N–H and O–H groups in total. The van der Waals surface area contributed by atoms with Crippen LogP contribution in [-0.4, -0.2) is 63.9 Å². The van der Waals surface area contributed by atoms with Crippen molar-refractivity contribution in [1.29, 1.82) is 0 Å². The second kappa shape index (κ2) is 9.92. The Morgan fingerprint density at radius 2 is 1.87 bits per heavy atom. The smallest absolute Gasteiger partial charge is 0.335 e. The number of nitrogens with zero attached hydrogens (tertiary/aromatic N) is 3. The fourth-order valence-corrected chi connectivity index (χ4v) is 6.17. The van der Waals surface area contributed by atoms with Gasteiger partial charge in [0, 0.05) is 43.7 Å². The Labute approximate surface area is 231 Å². The molecular formula is C30H30ClN3O5. The van der Waals surface area contributed by atoms with E-state index in [-0.39, 0.29) is 29.4 Å². The number of benzene rings is 2. The van der Waals surface area contributed by atoms with Crippen LogP contribution in [0.4, 0.5) is 0 Å². The second-order valence-corrected chi connectivity index (χ2v) is 11.3. The van der Waals surface area contributed by atoms with Crippen LogP contribution in [0.15, 0.2) is 36.4 Å². The van der Waals surface area contributed by atoms with E-state index in [1.54, 1.807) is 38.3 Å². The summed E-state index contributed by atoms with van der Waals surface area (Å²) in [7, 11) is 1.65. The Bertz CT molecular complexity index is 1500. The number of rotatable bonds is 6. The van der Waals surface area contributed by atoms with Crippen molar-refractivity contribution in [1.82, 2.24) is 14.7 Å². The molecule has 0 spiro atoms. The second-order valence-electron chi connectivity index (χ2n) is 10.8. The summed E-state index contributed by atoms with van der Waals surface area (Å²) in [5.41, 5.74) is 5.29. The Kier molecular flexibility index (Phi) is 6.55. The number of aryl methyl sites for hydroxylation is 1. The first-order valence-electron chi connectivity index (χ1n) is 13.4. The number of hydrogen-bond donors (Lipinski definition) is 1. The largest absolute Gasteiger partial charge is 0.478 e. The van der Waals surface area contributed by atoms with Gasteiger partial charge in [0.25, 0.3) is 5.91 Å². The van der Waals surface area contributed by atoms with E-state index in [0.29, 0.717) is 60.1 Å². The van der Waals surface area contributed by atoms with Gasteiger partial charge in [-0.1, -0.05) is 29.8 Å². The van der Waals surface area contributed by atoms with Crippen molar-refractivity contribution in [3.05, 3.63) is 74.9 Å². The molecule has 2 aliphatic carbocycles. The van der Waals surface area contributed by atoms with Gasteiger partial charge in [0.05, 0.1) is 33.6 Å². The highest BCUT2D eigenvalue weighted by Gasteiger charge is 2.39. The van der Waals surface area contributed by atoms with Gasteiger partial charge in [-0.15, -0.1) is 0 Å². The van der Waals surface area contributed by atoms with Crippen molar-refractivity contribution in [2.24, 2.45) is 5.92 Å². The Hall–Kier alpha value is -3.49. The quantitative estimate of drug-likeness (QED) is 0.478. The lowest BCUT2D eigenvalue weighted by Crippen LogP contribution is -2.56. The van der Waals surface area contributed by atoms with E-state index in [4.69, 9.17) is 21.4 Å². The molecule has 1 amide bonds. The molecule has 1 aromatic heterocycles. The van der Waals surface area contributed by atoms with Crippen LogP contribution >= 0.6 is 11.6 Å². The minimum atomic E-state index is -0.990. The normalized spacial score (nSPS) is 18.9. The average Bonchev–Trinajstić information content (AvgIpc) is 3.67. The van der Waals surface area contributed by atoms with Gasteiger partial charge in [-0.25, -0.2) is 4.79 Å². The fraction of sp³-hybridized carbons (Fsp3) is 0.400. The zero-order chi connectivity index (χ0) is 27.4. The monoisotopic (exact) mass is 547 g/mol. The van der Waals surface area contributed by atoms with Gasteiger partial charge < -0.3 is 14.7 Å². The lowest BCUT2D eigenvalue weighted by Gasteiger charge is -2.40. The summed E-state index contributed by atoms with van der Waals surface area (Å²) >= 11 is 6.61. The summed E-state index contributed by atoms with van der Waals surface area (Å²) in [6.45, 7) is 2.92. The number of hydrogen-bond acceptors (Lipinski definition) is 5. The third kappa shape index (κ3) is 4.55. The highest BCUT2D eigenvalue weighted by Crippen LogP contribution is 2.44. The maximum atomic E-state index is 14.1. The molecule has 6 rings (SSSR count). The minimum absolute atomic E-state index is 0.0740. The van der Waals surface area contributed by atoms with Crippen LogP contribution in [0.3, 0.4) is 0 Å². The summed E-state index contributed by atoms with van der Waals surface area (Å²) in [4.78, 5) is 40.8. The summed E-state index contributed by atoms with van der Waals surface area (Å²) in [5.74, 6) is -1.14. The first-order valence-corrected chi connectivity index (χ1v) is 13.7. The van der Waals surface area contributed by atoms with Crippen LogP contribution in [0.1, 0.15) is 68.3 Å². The Balaban J connectivity index is 1.42. The SMILES string of the molecule is COC1CN(C(=O)C2CCc3c(-c4ccc(C(=O)O)c(C)c4)nn(C(=O)c4c(Cl)cccc4C4CC4)c3C2)C1. The summed E-state index contributed by atoms with van der Waals surface area (Å²) in [6, 6.07) is 10.7. The number of aromatic nitrogens is 2. The molecule has 0 radical (unpaired) electrons. The van der Waals surface area contributed by atoms with Crippen LogP contribution in [-0.2, 0) is 22.4 Å². The molecule has 1 aliphatic heterocycles. The van der Waals surface area contributed by atoms with Gasteiger partial charge in [-0.3, -0.25) is 9.59 Å². The molecule has 2 fully saturated rings. The predicted octanol–water partition coefficient (Wildman–Crippen LogP) is 4.74. The van der Waals surface area contributed by atoms with E-state index < -0.39 is 5.97 Å². The van der Waals surface area contributed by atoms with Gasteiger partial charge in [-0.2, -0.15) is 9.78 Å². The lowest BCUT2D eigenvalue weighted by atomic mass is 9.84. The van der Waals surface area contributed by atoms with Crippen molar-refractivity contribution in [3.8, 4) is 11.3 Å². The fourth-order valence-electron chi connectivity index (χ4n) is 5.91. The van der Waals surface area contributed by atoms with Gasteiger partial charge in [0.2, 0.25) is 5.91 Å². The number of carbonyl (C=O) groups excluding carboxylic acids is 2. The number of fused-ring (bicyclic) bond motifs is 1. The van der Waals surface area contributed by atoms with Gasteiger partial charge in [-0.05, 0) is 67.9 Å². The average molecular weight is 548 g/mol. The molecule has 39 heavy (non-hydrogen) atoms. The van der Waals surface area contributed by atoms with Crippen molar-refractivity contribution >= 4 is 29.4 Å². The van der Waals surface area contributed by atoms with Crippen molar-refractivity contribution in [2.45, 2.75) is 51.0 Å². The maximum Gasteiger partial charge on any atom is 0.335 e. The number of amides is 1. The maximum absolute atomic E-state index is 14.1. The molecule has 0 bridgehead atoms. The van der Waals surface area contributed by atoms with Gasteiger partial charge in [0.15, 0.2) is 0 Å². The Morgan fingerprint density at radius 3 is 2.54 bits per heavy atom. The van der Waals surface area contributed by atoms with E-state index in [0.717, 1.165) is 35.2 Å². The third-order valence-electron chi connectivity index (χ3n) is 8.31. The highest BCUT2D eigenvalue weighted by atomic mass is 35.5. The molecule has 1 unspecified atom stereocenters. The van der Waals surface area contributed by atoms with Crippen molar-refractivity contribution in [3.63, 3.8) is 0 Å². The van der Waals surface area contributed by atoms with Crippen LogP contribution in [0.2, 0.25) is 5.02 Å². The van der Waals surface area contributed by atoms with Crippen LogP contribution < -0.4 is 0 Å². The van der Waals surface area contributed by atoms with Crippen molar-refractivity contribution < 1.29 is 24.2 Å². The number of carbonyl (C=O) groups is 3. The molecule has 1 saturated heterocycles. The number of aromatic carboxylic acids is 1. The summed E-state index contributed by atoms with van der Waals surface area (Å²) in [5, 5.41) is 14.7. The van der Waals surface area contributed by atoms with Gasteiger partial charge >= 0.3 is 5.97 Å². The van der Waals surface area contributed by atoms with Gasteiger partial charge in [0.1, 0.15) is 0 Å². The van der Waals surface area contributed by atoms with E-state index in [2.05, 4.69) is 0 Å².